The summed E-state index contributed by atoms with van der Waals surface area (Å²) >= 11 is 0. The highest BCUT2D eigenvalue weighted by molar-refractivity contribution is 5.69. The van der Waals surface area contributed by atoms with Gasteiger partial charge in [0.15, 0.2) is 0 Å². The predicted molar refractivity (Wildman–Crippen MR) is 117 cm³/mol. The Hall–Kier alpha value is -1.88. The molecule has 1 aliphatic rings. The van der Waals surface area contributed by atoms with Crippen LogP contribution >= 0.6 is 0 Å². The van der Waals surface area contributed by atoms with Crippen molar-refractivity contribution in [3.63, 3.8) is 0 Å². The number of carbonyl (C=O) groups excluding carboxylic acids is 2. The van der Waals surface area contributed by atoms with Crippen molar-refractivity contribution >= 4 is 11.9 Å². The molecule has 1 saturated carbocycles. The number of benzene rings is 1. The average Bonchev–Trinajstić information content (AvgIpc) is 2.79. The fourth-order valence-electron chi connectivity index (χ4n) is 4.01. The topological polar surface area (TPSA) is 72.8 Å². The highest BCUT2D eigenvalue weighted by atomic mass is 16.5. The first-order valence-electron chi connectivity index (χ1n) is 11.6. The molecule has 0 radical (unpaired) electrons. The standard InChI is InChI=1S/C25H38O5/c26-18-21(15-9-17-25(28)30-20-23-13-5-2-6-14-23)10-7-8-16-24(27)29-19-22-11-3-1-4-12-22/h1,3-4,11-12,21,23,26H,2,5-10,13-20H2. The van der Waals surface area contributed by atoms with Crippen LogP contribution in [-0.4, -0.2) is 30.3 Å². The summed E-state index contributed by atoms with van der Waals surface area (Å²) in [6, 6.07) is 9.66. The van der Waals surface area contributed by atoms with Gasteiger partial charge < -0.3 is 14.6 Å². The van der Waals surface area contributed by atoms with Crippen LogP contribution in [0.5, 0.6) is 0 Å². The summed E-state index contributed by atoms with van der Waals surface area (Å²) in [5.74, 6) is 0.433. The van der Waals surface area contributed by atoms with Gasteiger partial charge in [-0.3, -0.25) is 9.59 Å². The molecule has 0 spiro atoms. The molecule has 0 aliphatic heterocycles. The van der Waals surface area contributed by atoms with Gasteiger partial charge in [-0.05, 0) is 55.9 Å². The van der Waals surface area contributed by atoms with E-state index in [9.17, 15) is 14.7 Å². The smallest absolute Gasteiger partial charge is 0.306 e. The summed E-state index contributed by atoms with van der Waals surface area (Å²) in [6.45, 7) is 1.01. The molecule has 2 rings (SSSR count). The zero-order chi connectivity index (χ0) is 21.4. The molecule has 1 atom stereocenters. The summed E-state index contributed by atoms with van der Waals surface area (Å²) in [5, 5.41) is 9.58. The molecule has 5 heteroatoms. The maximum Gasteiger partial charge on any atom is 0.306 e. The Morgan fingerprint density at radius 3 is 2.30 bits per heavy atom. The van der Waals surface area contributed by atoms with E-state index in [4.69, 9.17) is 9.47 Å². The van der Waals surface area contributed by atoms with E-state index >= 15 is 0 Å². The van der Waals surface area contributed by atoms with Crippen LogP contribution in [0, 0.1) is 11.8 Å². The van der Waals surface area contributed by atoms with Crippen LogP contribution in [0.4, 0.5) is 0 Å². The molecule has 1 fully saturated rings. The third-order valence-electron chi connectivity index (χ3n) is 5.94. The number of ether oxygens (including phenoxy) is 2. The molecular formula is C25H38O5. The molecule has 168 valence electrons. The number of aliphatic hydroxyl groups is 1. The fraction of sp³-hybridized carbons (Fsp3) is 0.680. The van der Waals surface area contributed by atoms with E-state index in [1.165, 1.54) is 32.1 Å². The first kappa shape index (κ1) is 24.4. The second-order valence-electron chi connectivity index (χ2n) is 8.52. The van der Waals surface area contributed by atoms with E-state index in [1.54, 1.807) is 0 Å². The largest absolute Gasteiger partial charge is 0.465 e. The lowest BCUT2D eigenvalue weighted by Crippen LogP contribution is -2.17. The second-order valence-corrected chi connectivity index (χ2v) is 8.52. The number of aliphatic hydroxyl groups excluding tert-OH is 1. The Bertz CT molecular complexity index is 595. The molecular weight excluding hydrogens is 380 g/mol. The second kappa shape index (κ2) is 15.0. The number of rotatable bonds is 14. The minimum absolute atomic E-state index is 0.113. The van der Waals surface area contributed by atoms with Crippen molar-refractivity contribution in [2.75, 3.05) is 13.2 Å². The van der Waals surface area contributed by atoms with Crippen molar-refractivity contribution in [1.82, 2.24) is 0 Å². The lowest BCUT2D eigenvalue weighted by Gasteiger charge is -2.21. The van der Waals surface area contributed by atoms with Crippen LogP contribution in [-0.2, 0) is 25.7 Å². The predicted octanol–water partition coefficient (Wildman–Crippen LogP) is 5.19. The minimum atomic E-state index is -0.180. The molecule has 1 unspecified atom stereocenters. The molecule has 1 aromatic carbocycles. The molecule has 1 aromatic rings. The number of esters is 2. The number of hydrogen-bond acceptors (Lipinski definition) is 5. The van der Waals surface area contributed by atoms with Gasteiger partial charge in [-0.1, -0.05) is 56.0 Å². The van der Waals surface area contributed by atoms with Gasteiger partial charge >= 0.3 is 11.9 Å². The Labute approximate surface area is 181 Å². The molecule has 1 aliphatic carbocycles. The van der Waals surface area contributed by atoms with E-state index in [0.717, 1.165) is 37.7 Å². The van der Waals surface area contributed by atoms with Crippen LogP contribution in [0.15, 0.2) is 30.3 Å². The van der Waals surface area contributed by atoms with Crippen LogP contribution in [0.3, 0.4) is 0 Å². The van der Waals surface area contributed by atoms with Crippen molar-refractivity contribution in [1.29, 1.82) is 0 Å². The molecule has 0 saturated heterocycles. The third-order valence-corrected chi connectivity index (χ3v) is 5.94. The summed E-state index contributed by atoms with van der Waals surface area (Å²) in [7, 11) is 0. The molecule has 0 bridgehead atoms. The number of carbonyl (C=O) groups is 2. The van der Waals surface area contributed by atoms with Crippen molar-refractivity contribution < 1.29 is 24.2 Å². The normalized spacial score (nSPS) is 15.5. The van der Waals surface area contributed by atoms with Crippen molar-refractivity contribution in [3.8, 4) is 0 Å². The first-order chi connectivity index (χ1) is 14.7. The van der Waals surface area contributed by atoms with E-state index < -0.39 is 0 Å². The molecule has 0 heterocycles. The number of unbranched alkanes of at least 4 members (excludes halogenated alkanes) is 1. The third kappa shape index (κ3) is 10.8. The minimum Gasteiger partial charge on any atom is -0.465 e. The SMILES string of the molecule is O=C(CCCCC(CO)CCCC(=O)OCC1CCCCC1)OCc1ccccc1. The van der Waals surface area contributed by atoms with Gasteiger partial charge in [0.1, 0.15) is 6.61 Å². The molecule has 0 amide bonds. The van der Waals surface area contributed by atoms with Crippen LogP contribution < -0.4 is 0 Å². The van der Waals surface area contributed by atoms with E-state index in [-0.39, 0.29) is 24.5 Å². The summed E-state index contributed by atoms with van der Waals surface area (Å²) in [6.07, 6.45) is 11.1. The molecule has 30 heavy (non-hydrogen) atoms. The monoisotopic (exact) mass is 418 g/mol. The van der Waals surface area contributed by atoms with Gasteiger partial charge in [0.2, 0.25) is 0 Å². The number of hydrogen-bond donors (Lipinski definition) is 1. The van der Waals surface area contributed by atoms with Gasteiger partial charge in [-0.25, -0.2) is 0 Å². The average molecular weight is 419 g/mol. The summed E-state index contributed by atoms with van der Waals surface area (Å²) < 4.78 is 10.7. The molecule has 0 aromatic heterocycles. The van der Waals surface area contributed by atoms with Crippen molar-refractivity contribution in [2.24, 2.45) is 11.8 Å². The quantitative estimate of drug-likeness (QED) is 0.332. The van der Waals surface area contributed by atoms with Crippen molar-refractivity contribution in [2.45, 2.75) is 83.7 Å². The van der Waals surface area contributed by atoms with Crippen LogP contribution in [0.25, 0.3) is 0 Å². The van der Waals surface area contributed by atoms with Crippen LogP contribution in [0.1, 0.15) is 82.6 Å². The van der Waals surface area contributed by atoms with Crippen molar-refractivity contribution in [3.05, 3.63) is 35.9 Å². The van der Waals surface area contributed by atoms with Gasteiger partial charge in [-0.2, -0.15) is 0 Å². The Kier molecular flexibility index (Phi) is 12.2. The Balaban J connectivity index is 1.47. The lowest BCUT2D eigenvalue weighted by molar-refractivity contribution is -0.146. The van der Waals surface area contributed by atoms with E-state index in [0.29, 0.717) is 32.0 Å². The summed E-state index contributed by atoms with van der Waals surface area (Å²) in [4.78, 5) is 23.7. The Morgan fingerprint density at radius 2 is 1.57 bits per heavy atom. The van der Waals surface area contributed by atoms with Gasteiger partial charge in [-0.15, -0.1) is 0 Å². The zero-order valence-electron chi connectivity index (χ0n) is 18.2. The van der Waals surface area contributed by atoms with E-state index in [1.807, 2.05) is 30.3 Å². The maximum absolute atomic E-state index is 11.9. The van der Waals surface area contributed by atoms with Gasteiger partial charge in [0, 0.05) is 19.4 Å². The van der Waals surface area contributed by atoms with E-state index in [2.05, 4.69) is 0 Å². The highest BCUT2D eigenvalue weighted by Gasteiger charge is 2.16. The fourth-order valence-corrected chi connectivity index (χ4v) is 4.01. The van der Waals surface area contributed by atoms with Gasteiger partial charge in [0.05, 0.1) is 6.61 Å². The molecule has 1 N–H and O–H groups in total. The lowest BCUT2D eigenvalue weighted by atomic mass is 9.90. The molecule has 5 nitrogen and oxygen atoms in total. The highest BCUT2D eigenvalue weighted by Crippen LogP contribution is 2.24. The Morgan fingerprint density at radius 1 is 0.900 bits per heavy atom. The maximum atomic E-state index is 11.9. The first-order valence-corrected chi connectivity index (χ1v) is 11.6. The zero-order valence-corrected chi connectivity index (χ0v) is 18.2. The summed E-state index contributed by atoms with van der Waals surface area (Å²) in [5.41, 5.74) is 0.989. The van der Waals surface area contributed by atoms with Crippen LogP contribution in [0.2, 0.25) is 0 Å². The van der Waals surface area contributed by atoms with Gasteiger partial charge in [0.25, 0.3) is 0 Å².